The van der Waals surface area contributed by atoms with Gasteiger partial charge in [-0.25, -0.2) is 0 Å². The topological polar surface area (TPSA) is 29.1 Å². The molecule has 0 spiro atoms. The van der Waals surface area contributed by atoms with Crippen LogP contribution in [0.2, 0.25) is 0 Å². The largest absolute Gasteiger partial charge is 0.355 e. The highest BCUT2D eigenvalue weighted by atomic mass is 79.9. The molecule has 3 heteroatoms. The van der Waals surface area contributed by atoms with Gasteiger partial charge in [0.15, 0.2) is 0 Å². The van der Waals surface area contributed by atoms with Crippen molar-refractivity contribution in [2.75, 3.05) is 6.54 Å². The van der Waals surface area contributed by atoms with Crippen LogP contribution in [-0.2, 0) is 4.79 Å². The van der Waals surface area contributed by atoms with Crippen LogP contribution >= 0.6 is 15.9 Å². The Morgan fingerprint density at radius 1 is 1.24 bits per heavy atom. The van der Waals surface area contributed by atoms with Gasteiger partial charge in [0.1, 0.15) is 0 Å². The molecule has 100 valence electrons. The van der Waals surface area contributed by atoms with E-state index in [9.17, 15) is 4.79 Å². The van der Waals surface area contributed by atoms with E-state index in [4.69, 9.17) is 0 Å². The predicted molar refractivity (Wildman–Crippen MR) is 76.4 cm³/mol. The Kier molecular flexibility index (Phi) is 7.17. The van der Waals surface area contributed by atoms with Gasteiger partial charge in [-0.05, 0) is 24.7 Å². The van der Waals surface area contributed by atoms with Crippen LogP contribution < -0.4 is 5.32 Å². The summed E-state index contributed by atoms with van der Waals surface area (Å²) in [6.07, 6.45) is 8.56. The lowest BCUT2D eigenvalue weighted by atomic mass is 9.96. The molecule has 0 aromatic carbocycles. The first-order valence-corrected chi connectivity index (χ1v) is 7.92. The lowest BCUT2D eigenvalue weighted by Gasteiger charge is -2.17. The molecule has 0 aromatic heterocycles. The molecule has 1 saturated carbocycles. The average Bonchev–Trinajstić information content (AvgIpc) is 2.54. The fourth-order valence-corrected chi connectivity index (χ4v) is 2.51. The molecule has 0 bridgehead atoms. The molecule has 0 radical (unpaired) electrons. The van der Waals surface area contributed by atoms with E-state index in [1.54, 1.807) is 0 Å². The lowest BCUT2D eigenvalue weighted by molar-refractivity contribution is -0.122. The van der Waals surface area contributed by atoms with E-state index in [0.29, 0.717) is 16.7 Å². The maximum Gasteiger partial charge on any atom is 0.220 e. The van der Waals surface area contributed by atoms with Crippen molar-refractivity contribution < 1.29 is 4.79 Å². The van der Waals surface area contributed by atoms with Gasteiger partial charge in [0, 0.05) is 17.8 Å². The summed E-state index contributed by atoms with van der Waals surface area (Å²) in [6, 6.07) is 0. The van der Waals surface area contributed by atoms with Crippen LogP contribution in [0, 0.1) is 11.8 Å². The zero-order chi connectivity index (χ0) is 12.7. The molecular weight excluding hydrogens is 278 g/mol. The second-order valence-electron chi connectivity index (χ2n) is 5.63. The Hall–Kier alpha value is -0.0500. The molecule has 0 heterocycles. The molecule has 1 aliphatic carbocycles. The molecule has 1 N–H and O–H groups in total. The number of hydrogen-bond acceptors (Lipinski definition) is 1. The molecule has 1 rings (SSSR count). The first-order chi connectivity index (χ1) is 8.09. The minimum Gasteiger partial charge on any atom is -0.355 e. The molecule has 17 heavy (non-hydrogen) atoms. The third-order valence-electron chi connectivity index (χ3n) is 3.67. The van der Waals surface area contributed by atoms with E-state index in [2.05, 4.69) is 35.1 Å². The van der Waals surface area contributed by atoms with Crippen LogP contribution in [0.4, 0.5) is 0 Å². The molecule has 1 unspecified atom stereocenters. The summed E-state index contributed by atoms with van der Waals surface area (Å²) in [5, 5.41) is 3.05. The molecule has 0 aromatic rings. The van der Waals surface area contributed by atoms with Crippen LogP contribution in [0.5, 0.6) is 0 Å². The highest BCUT2D eigenvalue weighted by Crippen LogP contribution is 2.25. The summed E-state index contributed by atoms with van der Waals surface area (Å²) in [4.78, 5) is 12.2. The molecule has 1 aliphatic rings. The van der Waals surface area contributed by atoms with Crippen molar-refractivity contribution >= 4 is 21.8 Å². The van der Waals surface area contributed by atoms with Crippen LogP contribution in [-0.4, -0.2) is 17.3 Å². The highest BCUT2D eigenvalue weighted by Gasteiger charge is 2.17. The van der Waals surface area contributed by atoms with E-state index < -0.39 is 0 Å². The van der Waals surface area contributed by atoms with Gasteiger partial charge in [-0.3, -0.25) is 4.79 Å². The van der Waals surface area contributed by atoms with Gasteiger partial charge < -0.3 is 5.32 Å². The van der Waals surface area contributed by atoms with Gasteiger partial charge in [-0.1, -0.05) is 55.5 Å². The van der Waals surface area contributed by atoms with Crippen molar-refractivity contribution in [1.29, 1.82) is 0 Å². The van der Waals surface area contributed by atoms with E-state index in [1.807, 2.05) is 0 Å². The molecule has 0 aliphatic heterocycles. The van der Waals surface area contributed by atoms with Gasteiger partial charge in [0.25, 0.3) is 0 Å². The number of amides is 1. The van der Waals surface area contributed by atoms with Gasteiger partial charge in [-0.15, -0.1) is 0 Å². The van der Waals surface area contributed by atoms with Crippen molar-refractivity contribution in [1.82, 2.24) is 5.32 Å². The summed E-state index contributed by atoms with van der Waals surface area (Å²) in [5.74, 6) is 1.43. The first-order valence-electron chi connectivity index (χ1n) is 7.00. The Morgan fingerprint density at radius 2 is 1.82 bits per heavy atom. The maximum absolute atomic E-state index is 11.8. The summed E-state index contributed by atoms with van der Waals surface area (Å²) < 4.78 is 0. The number of carbonyl (C=O) groups excluding carboxylic acids is 1. The van der Waals surface area contributed by atoms with Crippen molar-refractivity contribution in [2.45, 2.75) is 63.6 Å². The van der Waals surface area contributed by atoms with Gasteiger partial charge >= 0.3 is 0 Å². The monoisotopic (exact) mass is 303 g/mol. The Morgan fingerprint density at radius 3 is 2.35 bits per heavy atom. The minimum absolute atomic E-state index is 0.238. The normalized spacial score (nSPS) is 20.0. The Bertz CT molecular complexity index is 222. The second kappa shape index (κ2) is 8.12. The Labute approximate surface area is 114 Å². The third kappa shape index (κ3) is 6.44. The van der Waals surface area contributed by atoms with Crippen LogP contribution in [0.15, 0.2) is 0 Å². The standard InChI is InChI=1S/C14H26BrNO/c1-11(2)13(15)10-16-14(17)9-12-7-5-3-4-6-8-12/h11-13H,3-10H2,1-2H3,(H,16,17). The average molecular weight is 304 g/mol. The van der Waals surface area contributed by atoms with Crippen molar-refractivity contribution in [3.8, 4) is 0 Å². The van der Waals surface area contributed by atoms with E-state index in [1.165, 1.54) is 38.5 Å². The quantitative estimate of drug-likeness (QED) is 0.606. The molecular formula is C14H26BrNO. The lowest BCUT2D eigenvalue weighted by Crippen LogP contribution is -2.32. The zero-order valence-corrected chi connectivity index (χ0v) is 12.8. The summed E-state index contributed by atoms with van der Waals surface area (Å²) in [7, 11) is 0. The third-order valence-corrected chi connectivity index (χ3v) is 5.05. The Balaban J connectivity index is 2.19. The van der Waals surface area contributed by atoms with E-state index in [0.717, 1.165) is 13.0 Å². The summed E-state index contributed by atoms with van der Waals surface area (Å²) in [6.45, 7) is 5.08. The minimum atomic E-state index is 0.238. The van der Waals surface area contributed by atoms with Gasteiger partial charge in [0.2, 0.25) is 5.91 Å². The molecule has 1 atom stereocenters. The fraction of sp³-hybridized carbons (Fsp3) is 0.929. The summed E-state index contributed by atoms with van der Waals surface area (Å²) in [5.41, 5.74) is 0. The second-order valence-corrected chi connectivity index (χ2v) is 6.80. The molecule has 0 saturated heterocycles. The maximum atomic E-state index is 11.8. The number of hydrogen-bond donors (Lipinski definition) is 1. The number of halogens is 1. The highest BCUT2D eigenvalue weighted by molar-refractivity contribution is 9.09. The van der Waals surface area contributed by atoms with Crippen molar-refractivity contribution in [3.63, 3.8) is 0 Å². The van der Waals surface area contributed by atoms with Gasteiger partial charge in [0.05, 0.1) is 0 Å². The zero-order valence-electron chi connectivity index (χ0n) is 11.2. The van der Waals surface area contributed by atoms with Crippen LogP contribution in [0.25, 0.3) is 0 Å². The predicted octanol–water partition coefficient (Wildman–Crippen LogP) is 3.88. The van der Waals surface area contributed by atoms with Gasteiger partial charge in [-0.2, -0.15) is 0 Å². The molecule has 1 amide bonds. The van der Waals surface area contributed by atoms with E-state index >= 15 is 0 Å². The van der Waals surface area contributed by atoms with Crippen molar-refractivity contribution in [2.24, 2.45) is 11.8 Å². The van der Waals surface area contributed by atoms with Crippen molar-refractivity contribution in [3.05, 3.63) is 0 Å². The summed E-state index contributed by atoms with van der Waals surface area (Å²) >= 11 is 3.59. The van der Waals surface area contributed by atoms with E-state index in [-0.39, 0.29) is 5.91 Å². The van der Waals surface area contributed by atoms with Crippen LogP contribution in [0.1, 0.15) is 58.8 Å². The number of carbonyl (C=O) groups is 1. The number of alkyl halides is 1. The number of rotatable bonds is 5. The first kappa shape index (κ1) is 15.0. The van der Waals surface area contributed by atoms with Crippen LogP contribution in [0.3, 0.4) is 0 Å². The SMILES string of the molecule is CC(C)C(Br)CNC(=O)CC1CCCCCC1. The molecule has 1 fully saturated rings. The number of nitrogens with one attached hydrogen (secondary N) is 1. The molecule has 2 nitrogen and oxygen atoms in total. The smallest absolute Gasteiger partial charge is 0.220 e. The fourth-order valence-electron chi connectivity index (χ4n) is 2.35.